The Morgan fingerprint density at radius 2 is 1.44 bits per heavy atom. The largest absolute Gasteiger partial charge is 0.494 e. The molecule has 0 fully saturated rings. The quantitative estimate of drug-likeness (QED) is 0.100. The molecule has 0 aliphatic heterocycles. The third-order valence-electron chi connectivity index (χ3n) is 6.23. The summed E-state index contributed by atoms with van der Waals surface area (Å²) in [7, 11) is 0. The van der Waals surface area contributed by atoms with Crippen molar-refractivity contribution in [3.63, 3.8) is 0 Å². The van der Waals surface area contributed by atoms with Gasteiger partial charge in [-0.2, -0.15) is 0 Å². The molecule has 222 valence electrons. The van der Waals surface area contributed by atoms with Crippen molar-refractivity contribution >= 4 is 23.4 Å². The number of ether oxygens (including phenoxy) is 1. The van der Waals surface area contributed by atoms with Crippen LogP contribution in [0.2, 0.25) is 0 Å². The minimum atomic E-state index is -0.971. The molecule has 0 saturated heterocycles. The molecule has 5 N–H and O–H groups in total. The average molecular weight is 549 g/mol. The number of nitrogens with one attached hydrogen (secondary N) is 4. The molecule has 9 heteroatoms. The molecule has 0 aliphatic carbocycles. The van der Waals surface area contributed by atoms with Crippen LogP contribution in [0, 0.1) is 0 Å². The van der Waals surface area contributed by atoms with Crippen molar-refractivity contribution in [2.75, 3.05) is 25.0 Å². The van der Waals surface area contributed by atoms with Gasteiger partial charge in [0.2, 0.25) is 11.8 Å². The molecule has 39 heavy (non-hydrogen) atoms. The summed E-state index contributed by atoms with van der Waals surface area (Å²) in [6.07, 6.45) is 12.0. The van der Waals surface area contributed by atoms with Crippen molar-refractivity contribution in [1.82, 2.24) is 16.0 Å². The van der Waals surface area contributed by atoms with Gasteiger partial charge in [-0.05, 0) is 51.0 Å². The minimum Gasteiger partial charge on any atom is -0.494 e. The molecule has 1 rings (SSSR count). The number of aliphatic hydroxyl groups excluding tert-OH is 1. The molecular formula is C30H52N4O5. The predicted molar refractivity (Wildman–Crippen MR) is 157 cm³/mol. The van der Waals surface area contributed by atoms with Gasteiger partial charge in [-0.25, -0.2) is 0 Å². The Bertz CT molecular complexity index is 801. The Hall–Kier alpha value is -2.81. The summed E-state index contributed by atoms with van der Waals surface area (Å²) < 4.78 is 5.74. The average Bonchev–Trinajstić information content (AvgIpc) is 2.90. The van der Waals surface area contributed by atoms with E-state index in [9.17, 15) is 19.5 Å². The van der Waals surface area contributed by atoms with Gasteiger partial charge in [0.15, 0.2) is 6.17 Å². The lowest BCUT2D eigenvalue weighted by atomic mass is 10.1. The second-order valence-corrected chi connectivity index (χ2v) is 10.1. The van der Waals surface area contributed by atoms with E-state index in [2.05, 4.69) is 28.2 Å². The highest BCUT2D eigenvalue weighted by Gasteiger charge is 2.20. The molecule has 0 radical (unpaired) electrons. The van der Waals surface area contributed by atoms with Crippen LogP contribution < -0.4 is 26.0 Å². The van der Waals surface area contributed by atoms with E-state index in [1.165, 1.54) is 64.7 Å². The number of hydrogen-bond acceptors (Lipinski definition) is 6. The third kappa shape index (κ3) is 18.2. The lowest BCUT2D eigenvalue weighted by molar-refractivity contribution is -0.129. The summed E-state index contributed by atoms with van der Waals surface area (Å²) in [6.45, 7) is 7.14. The van der Waals surface area contributed by atoms with E-state index in [4.69, 9.17) is 4.74 Å². The topological polar surface area (TPSA) is 129 Å². The van der Waals surface area contributed by atoms with E-state index in [0.29, 0.717) is 37.4 Å². The van der Waals surface area contributed by atoms with Crippen LogP contribution in [0.1, 0.15) is 104 Å². The number of amides is 3. The fourth-order valence-corrected chi connectivity index (χ4v) is 4.10. The van der Waals surface area contributed by atoms with Gasteiger partial charge < -0.3 is 31.1 Å². The zero-order valence-electron chi connectivity index (χ0n) is 24.4. The first kappa shape index (κ1) is 34.2. The SMILES string of the molecule is CCCCCCCCCCCCNC(=O)CCCOc1ccc(NC(NC(=O)CC(C)O)C(=O)NCC)cc1. The highest BCUT2D eigenvalue weighted by Crippen LogP contribution is 2.17. The van der Waals surface area contributed by atoms with Gasteiger partial charge in [-0.3, -0.25) is 14.4 Å². The van der Waals surface area contributed by atoms with Gasteiger partial charge >= 0.3 is 0 Å². The highest BCUT2D eigenvalue weighted by atomic mass is 16.5. The van der Waals surface area contributed by atoms with Gasteiger partial charge in [0, 0.05) is 25.2 Å². The Kier molecular flexibility index (Phi) is 19.3. The maximum atomic E-state index is 12.3. The van der Waals surface area contributed by atoms with Crippen molar-refractivity contribution in [3.05, 3.63) is 24.3 Å². The molecule has 2 atom stereocenters. The Morgan fingerprint density at radius 3 is 2.03 bits per heavy atom. The Labute approximate surface area is 235 Å². The van der Waals surface area contributed by atoms with E-state index in [0.717, 1.165) is 13.0 Å². The van der Waals surface area contributed by atoms with E-state index in [-0.39, 0.29) is 18.2 Å². The molecule has 0 aromatic heterocycles. The van der Waals surface area contributed by atoms with Crippen LogP contribution in [0.5, 0.6) is 5.75 Å². The standard InChI is InChI=1S/C30H52N4O5/c1-4-6-7-8-9-10-11-12-13-14-21-32-27(36)16-15-22-39-26-19-17-25(18-20-26)33-29(30(38)31-5-2)34-28(37)23-24(3)35/h17-20,24,29,33,35H,4-16,21-23H2,1-3H3,(H,31,38)(H,32,36)(H,34,37). The van der Waals surface area contributed by atoms with Crippen LogP contribution in [-0.4, -0.2) is 54.8 Å². The number of likely N-dealkylation sites (N-methyl/N-ethyl adjacent to an activating group) is 1. The van der Waals surface area contributed by atoms with Gasteiger partial charge in [0.1, 0.15) is 5.75 Å². The summed E-state index contributed by atoms with van der Waals surface area (Å²) >= 11 is 0. The van der Waals surface area contributed by atoms with Crippen LogP contribution in [0.3, 0.4) is 0 Å². The van der Waals surface area contributed by atoms with E-state index < -0.39 is 18.2 Å². The minimum absolute atomic E-state index is 0.0584. The van der Waals surface area contributed by atoms with Gasteiger partial charge in [-0.15, -0.1) is 0 Å². The van der Waals surface area contributed by atoms with Crippen LogP contribution in [-0.2, 0) is 14.4 Å². The zero-order valence-corrected chi connectivity index (χ0v) is 24.4. The second-order valence-electron chi connectivity index (χ2n) is 10.1. The van der Waals surface area contributed by atoms with Crippen LogP contribution in [0.4, 0.5) is 5.69 Å². The summed E-state index contributed by atoms with van der Waals surface area (Å²) in [4.78, 5) is 36.4. The molecule has 0 saturated carbocycles. The van der Waals surface area contributed by atoms with E-state index in [1.54, 1.807) is 31.2 Å². The Morgan fingerprint density at radius 1 is 0.821 bits per heavy atom. The van der Waals surface area contributed by atoms with Crippen molar-refractivity contribution in [2.24, 2.45) is 0 Å². The highest BCUT2D eigenvalue weighted by molar-refractivity contribution is 5.89. The number of unbranched alkanes of at least 4 members (excludes halogenated alkanes) is 9. The smallest absolute Gasteiger partial charge is 0.263 e. The third-order valence-corrected chi connectivity index (χ3v) is 6.23. The first-order valence-electron chi connectivity index (χ1n) is 14.9. The van der Waals surface area contributed by atoms with Crippen molar-refractivity contribution in [1.29, 1.82) is 0 Å². The molecular weight excluding hydrogens is 496 g/mol. The number of carbonyl (C=O) groups is 3. The van der Waals surface area contributed by atoms with Crippen molar-refractivity contribution in [3.8, 4) is 5.75 Å². The number of anilines is 1. The normalized spacial score (nSPS) is 12.3. The first-order valence-corrected chi connectivity index (χ1v) is 14.9. The Balaban J connectivity index is 2.22. The fraction of sp³-hybridized carbons (Fsp3) is 0.700. The maximum Gasteiger partial charge on any atom is 0.263 e. The molecule has 1 aromatic carbocycles. The number of hydrogen-bond donors (Lipinski definition) is 5. The molecule has 0 spiro atoms. The molecule has 0 aliphatic rings. The number of aliphatic hydroxyl groups is 1. The van der Waals surface area contributed by atoms with Gasteiger partial charge in [0.25, 0.3) is 5.91 Å². The maximum absolute atomic E-state index is 12.3. The monoisotopic (exact) mass is 548 g/mol. The van der Waals surface area contributed by atoms with E-state index in [1.807, 2.05) is 0 Å². The van der Waals surface area contributed by atoms with Crippen LogP contribution in [0.25, 0.3) is 0 Å². The van der Waals surface area contributed by atoms with E-state index >= 15 is 0 Å². The molecule has 3 amide bonds. The van der Waals surface area contributed by atoms with Crippen LogP contribution in [0.15, 0.2) is 24.3 Å². The summed E-state index contributed by atoms with van der Waals surface area (Å²) in [5.41, 5.74) is 0.627. The fourth-order valence-electron chi connectivity index (χ4n) is 4.10. The van der Waals surface area contributed by atoms with Gasteiger partial charge in [0.05, 0.1) is 19.1 Å². The summed E-state index contributed by atoms with van der Waals surface area (Å²) in [5, 5.41) is 20.7. The molecule has 1 aromatic rings. The first-order chi connectivity index (χ1) is 18.8. The summed E-state index contributed by atoms with van der Waals surface area (Å²) in [6, 6.07) is 7.03. The number of benzene rings is 1. The molecule has 0 bridgehead atoms. The van der Waals surface area contributed by atoms with Gasteiger partial charge in [-0.1, -0.05) is 64.7 Å². The lowest BCUT2D eigenvalue weighted by Gasteiger charge is -2.21. The van der Waals surface area contributed by atoms with Crippen molar-refractivity contribution < 1.29 is 24.2 Å². The molecule has 0 heterocycles. The lowest BCUT2D eigenvalue weighted by Crippen LogP contribution is -2.51. The molecule has 2 unspecified atom stereocenters. The number of rotatable bonds is 23. The number of carbonyl (C=O) groups excluding carboxylic acids is 3. The zero-order chi connectivity index (χ0) is 28.7. The molecule has 9 nitrogen and oxygen atoms in total. The van der Waals surface area contributed by atoms with Crippen LogP contribution >= 0.6 is 0 Å². The van der Waals surface area contributed by atoms with Crippen molar-refractivity contribution in [2.45, 2.75) is 117 Å². The summed E-state index contributed by atoms with van der Waals surface area (Å²) in [5.74, 6) is -0.0911. The predicted octanol–water partition coefficient (Wildman–Crippen LogP) is 4.64. The second kappa shape index (κ2) is 22.1.